The minimum absolute atomic E-state index is 0.0610. The lowest BCUT2D eigenvalue weighted by Gasteiger charge is -2.51. The van der Waals surface area contributed by atoms with Crippen LogP contribution in [0.25, 0.3) is 0 Å². The van der Waals surface area contributed by atoms with Gasteiger partial charge in [0.25, 0.3) is 0 Å². The van der Waals surface area contributed by atoms with Gasteiger partial charge in [0.1, 0.15) is 12.4 Å². The maximum Gasteiger partial charge on any atom is 0.410 e. The predicted molar refractivity (Wildman–Crippen MR) is 103 cm³/mol. The molecule has 2 aromatic carbocycles. The van der Waals surface area contributed by atoms with E-state index in [-0.39, 0.29) is 38.4 Å². The maximum atomic E-state index is 12.8. The molecule has 2 heterocycles. The van der Waals surface area contributed by atoms with E-state index in [4.69, 9.17) is 9.47 Å². The number of hydrogen-bond donors (Lipinski definition) is 1. The third kappa shape index (κ3) is 4.24. The first-order valence-electron chi connectivity index (χ1n) is 9.80. The van der Waals surface area contributed by atoms with E-state index in [9.17, 15) is 18.7 Å². The summed E-state index contributed by atoms with van der Waals surface area (Å²) in [5.41, 5.74) is -0.251. The molecule has 1 N–H and O–H groups in total. The van der Waals surface area contributed by atoms with Crippen LogP contribution in [0.5, 0.6) is 5.75 Å². The fraction of sp³-hybridized carbons (Fsp3) is 0.409. The second-order valence-electron chi connectivity index (χ2n) is 7.61. The van der Waals surface area contributed by atoms with Crippen LogP contribution < -0.4 is 4.74 Å². The molecule has 2 atom stereocenters. The number of benzene rings is 2. The summed E-state index contributed by atoms with van der Waals surface area (Å²) >= 11 is 0. The smallest absolute Gasteiger partial charge is 0.410 e. The number of halogens is 2. The molecule has 1 amide bonds. The molecule has 2 aliphatic rings. The van der Waals surface area contributed by atoms with Crippen LogP contribution in [0.2, 0.25) is 0 Å². The highest BCUT2D eigenvalue weighted by molar-refractivity contribution is 5.69. The van der Waals surface area contributed by atoms with E-state index in [0.717, 1.165) is 5.56 Å². The highest BCUT2D eigenvalue weighted by Gasteiger charge is 2.50. The minimum atomic E-state index is -2.99. The Balaban J connectivity index is 1.51. The molecule has 160 valence electrons. The Morgan fingerprint density at radius 2 is 1.73 bits per heavy atom. The molecule has 0 saturated carbocycles. The Labute approximate surface area is 173 Å². The summed E-state index contributed by atoms with van der Waals surface area (Å²) in [4.78, 5) is 14.4. The fourth-order valence-corrected chi connectivity index (χ4v) is 4.34. The molecule has 0 radical (unpaired) electrons. The normalized spacial score (nSPS) is 25.8. The highest BCUT2D eigenvalue weighted by atomic mass is 19.3. The molecule has 2 saturated heterocycles. The van der Waals surface area contributed by atoms with Gasteiger partial charge in [-0.3, -0.25) is 4.90 Å². The summed E-state index contributed by atoms with van der Waals surface area (Å²) < 4.78 is 41.3. The zero-order chi connectivity index (χ0) is 21.1. The lowest BCUT2D eigenvalue weighted by Crippen LogP contribution is -2.62. The molecule has 2 aliphatic heterocycles. The monoisotopic (exact) mass is 419 g/mol. The Morgan fingerprint density at radius 1 is 1.10 bits per heavy atom. The van der Waals surface area contributed by atoms with Crippen LogP contribution in [-0.4, -0.2) is 48.0 Å². The van der Waals surface area contributed by atoms with Crippen molar-refractivity contribution in [2.45, 2.75) is 43.7 Å². The average molecular weight is 419 g/mol. The van der Waals surface area contributed by atoms with Crippen LogP contribution >= 0.6 is 0 Å². The Morgan fingerprint density at radius 3 is 2.40 bits per heavy atom. The van der Waals surface area contributed by atoms with Gasteiger partial charge in [-0.1, -0.05) is 48.5 Å². The van der Waals surface area contributed by atoms with Crippen LogP contribution in [0.15, 0.2) is 54.6 Å². The second-order valence-corrected chi connectivity index (χ2v) is 7.61. The molecule has 8 heteroatoms. The molecule has 2 aromatic rings. The van der Waals surface area contributed by atoms with Gasteiger partial charge in [-0.25, -0.2) is 4.79 Å². The molecule has 0 aliphatic carbocycles. The van der Waals surface area contributed by atoms with Crippen LogP contribution in [-0.2, 0) is 21.7 Å². The van der Waals surface area contributed by atoms with Crippen molar-refractivity contribution >= 4 is 6.09 Å². The predicted octanol–water partition coefficient (Wildman–Crippen LogP) is 3.68. The van der Waals surface area contributed by atoms with Gasteiger partial charge in [0.15, 0.2) is 0 Å². The van der Waals surface area contributed by atoms with Gasteiger partial charge in [-0.2, -0.15) is 8.78 Å². The van der Waals surface area contributed by atoms with Gasteiger partial charge < -0.3 is 19.3 Å². The number of para-hydroxylation sites is 1. The molecule has 0 spiro atoms. The zero-order valence-electron chi connectivity index (χ0n) is 16.2. The van der Waals surface area contributed by atoms with Crippen molar-refractivity contribution in [2.24, 2.45) is 0 Å². The SMILES string of the molecule is O=C(OCc1ccccc1)N1C2COCC1CC(O)(c1ccccc1OC(F)F)C2. The number of alkyl halides is 2. The van der Waals surface area contributed by atoms with E-state index in [0.29, 0.717) is 5.56 Å². The van der Waals surface area contributed by atoms with E-state index < -0.39 is 30.4 Å². The summed E-state index contributed by atoms with van der Waals surface area (Å²) in [5, 5.41) is 11.4. The van der Waals surface area contributed by atoms with Crippen molar-refractivity contribution < 1.29 is 32.9 Å². The van der Waals surface area contributed by atoms with Crippen LogP contribution in [0.4, 0.5) is 13.6 Å². The number of rotatable bonds is 5. The quantitative estimate of drug-likeness (QED) is 0.801. The Hall–Kier alpha value is -2.71. The number of carbonyl (C=O) groups is 1. The zero-order valence-corrected chi connectivity index (χ0v) is 16.2. The summed E-state index contributed by atoms with van der Waals surface area (Å²) in [6, 6.07) is 14.7. The van der Waals surface area contributed by atoms with Crippen LogP contribution in [0, 0.1) is 0 Å². The van der Waals surface area contributed by atoms with Gasteiger partial charge in [0.2, 0.25) is 0 Å². The number of aliphatic hydroxyl groups is 1. The Bertz CT molecular complexity index is 865. The molecular formula is C22H23F2NO5. The van der Waals surface area contributed by atoms with Crippen molar-refractivity contribution in [3.8, 4) is 5.75 Å². The van der Waals surface area contributed by atoms with Crippen LogP contribution in [0.1, 0.15) is 24.0 Å². The second kappa shape index (κ2) is 8.57. The van der Waals surface area contributed by atoms with E-state index in [2.05, 4.69) is 4.74 Å². The number of carbonyl (C=O) groups excluding carboxylic acids is 1. The van der Waals surface area contributed by atoms with E-state index >= 15 is 0 Å². The van der Waals surface area contributed by atoms with Crippen molar-refractivity contribution in [3.05, 3.63) is 65.7 Å². The third-order valence-electron chi connectivity index (χ3n) is 5.57. The van der Waals surface area contributed by atoms with Crippen molar-refractivity contribution in [1.29, 1.82) is 0 Å². The largest absolute Gasteiger partial charge is 0.445 e. The molecule has 2 bridgehead atoms. The summed E-state index contributed by atoms with van der Waals surface area (Å²) in [6.07, 6.45) is -0.211. The molecule has 6 nitrogen and oxygen atoms in total. The number of fused-ring (bicyclic) bond motifs is 2. The number of morpholine rings is 1. The van der Waals surface area contributed by atoms with Crippen molar-refractivity contribution in [3.63, 3.8) is 0 Å². The third-order valence-corrected chi connectivity index (χ3v) is 5.57. The molecule has 30 heavy (non-hydrogen) atoms. The first kappa shape index (κ1) is 20.6. The Kier molecular flexibility index (Phi) is 5.87. The number of piperidine rings is 1. The van der Waals surface area contributed by atoms with E-state index in [1.165, 1.54) is 6.07 Å². The maximum absolute atomic E-state index is 12.8. The van der Waals surface area contributed by atoms with Gasteiger partial charge in [-0.15, -0.1) is 0 Å². The molecule has 2 unspecified atom stereocenters. The van der Waals surface area contributed by atoms with Gasteiger partial charge in [0.05, 0.1) is 30.9 Å². The van der Waals surface area contributed by atoms with Gasteiger partial charge in [-0.05, 0) is 11.6 Å². The lowest BCUT2D eigenvalue weighted by molar-refractivity contribution is -0.138. The number of ether oxygens (including phenoxy) is 3. The van der Waals surface area contributed by atoms with Gasteiger partial charge in [0, 0.05) is 18.4 Å². The van der Waals surface area contributed by atoms with Crippen molar-refractivity contribution in [2.75, 3.05) is 13.2 Å². The molecule has 2 fully saturated rings. The summed E-state index contributed by atoms with van der Waals surface area (Å²) in [5.74, 6) is -0.0610. The molecular weight excluding hydrogens is 396 g/mol. The van der Waals surface area contributed by atoms with Crippen molar-refractivity contribution in [1.82, 2.24) is 4.90 Å². The summed E-state index contributed by atoms with van der Waals surface area (Å²) in [7, 11) is 0. The number of hydrogen-bond acceptors (Lipinski definition) is 5. The number of nitrogens with zero attached hydrogens (tertiary/aromatic N) is 1. The number of amides is 1. The minimum Gasteiger partial charge on any atom is -0.445 e. The fourth-order valence-electron chi connectivity index (χ4n) is 4.34. The lowest BCUT2D eigenvalue weighted by atomic mass is 9.76. The highest BCUT2D eigenvalue weighted by Crippen LogP contribution is 2.44. The molecule has 4 rings (SSSR count). The average Bonchev–Trinajstić information content (AvgIpc) is 2.72. The topological polar surface area (TPSA) is 68.2 Å². The first-order valence-corrected chi connectivity index (χ1v) is 9.80. The van der Waals surface area contributed by atoms with E-state index in [1.54, 1.807) is 23.1 Å². The van der Waals surface area contributed by atoms with E-state index in [1.807, 2.05) is 30.3 Å². The summed E-state index contributed by atoms with van der Waals surface area (Å²) in [6.45, 7) is -2.38. The standard InChI is InChI=1S/C22H23F2NO5/c23-20(24)30-19-9-5-4-8-18(19)22(27)10-16-13-28-14-17(11-22)25(16)21(26)29-12-15-6-2-1-3-7-15/h1-9,16-17,20,27H,10-14H2. The first-order chi connectivity index (χ1) is 14.5. The van der Waals surface area contributed by atoms with Gasteiger partial charge >= 0.3 is 12.7 Å². The van der Waals surface area contributed by atoms with Crippen LogP contribution in [0.3, 0.4) is 0 Å². The molecule has 0 aromatic heterocycles.